The van der Waals surface area contributed by atoms with Crippen LogP contribution in [-0.4, -0.2) is 98.7 Å². The molecule has 2 aliphatic rings. The van der Waals surface area contributed by atoms with E-state index in [1.54, 1.807) is 0 Å². The minimum atomic E-state index is -1.70. The Morgan fingerprint density at radius 3 is 2.02 bits per heavy atom. The standard InChI is InChI=1S/C28H32O12/c1-14-20(38-27(36)16-4-8-19(31)9-5-16)12-17(10-11-29)25(14)40-28-24(34)23(33)22(32)21(39-28)13-37-26(35)15-2-6-18(30)7-3-15/h2-9,17,20-25,28-34H,1,10-13H2/t17-,20-,21+,22+,23-,24+,25+,28-/m0/s1. The molecule has 0 unspecified atom stereocenters. The van der Waals surface area contributed by atoms with E-state index in [1.165, 1.54) is 48.5 Å². The molecule has 1 heterocycles. The summed E-state index contributed by atoms with van der Waals surface area (Å²) in [4.78, 5) is 25.0. The van der Waals surface area contributed by atoms with E-state index < -0.39 is 61.5 Å². The fourth-order valence-corrected chi connectivity index (χ4v) is 4.74. The number of carbonyl (C=O) groups is 2. The predicted molar refractivity (Wildman–Crippen MR) is 136 cm³/mol. The third-order valence-corrected chi connectivity index (χ3v) is 7.01. The highest BCUT2D eigenvalue weighted by Gasteiger charge is 2.48. The van der Waals surface area contributed by atoms with Crippen LogP contribution in [0.15, 0.2) is 60.7 Å². The van der Waals surface area contributed by atoms with Gasteiger partial charge in [-0.05, 0) is 72.9 Å². The lowest BCUT2D eigenvalue weighted by atomic mass is 9.98. The molecule has 8 atom stereocenters. The van der Waals surface area contributed by atoms with Crippen LogP contribution in [0.1, 0.15) is 33.6 Å². The second-order valence-electron chi connectivity index (χ2n) is 9.74. The van der Waals surface area contributed by atoms with Crippen LogP contribution in [0.3, 0.4) is 0 Å². The lowest BCUT2D eigenvalue weighted by Gasteiger charge is -2.41. The van der Waals surface area contributed by atoms with E-state index in [2.05, 4.69) is 6.58 Å². The number of ether oxygens (including phenoxy) is 4. The minimum absolute atomic E-state index is 0.00920. The van der Waals surface area contributed by atoms with Gasteiger partial charge in [0.1, 0.15) is 48.6 Å². The number of phenolic OH excluding ortho intramolecular Hbond substituents is 2. The number of phenols is 2. The molecule has 12 heteroatoms. The molecule has 2 aromatic carbocycles. The SMILES string of the molecule is C=C1[C@@H](OC(=O)c2ccc(O)cc2)C[C@H](CCO)[C@@H]1O[C@@H]1O[C@H](COC(=O)c2ccc(O)cc2)[C@@H](O)[C@H](O)[C@H]1O. The number of aliphatic hydroxyl groups is 4. The third kappa shape index (κ3) is 6.61. The molecule has 2 aromatic rings. The van der Waals surface area contributed by atoms with Crippen LogP contribution in [-0.2, 0) is 18.9 Å². The van der Waals surface area contributed by atoms with Crippen molar-refractivity contribution in [1.29, 1.82) is 0 Å². The van der Waals surface area contributed by atoms with Crippen LogP contribution in [0.25, 0.3) is 0 Å². The number of aliphatic hydroxyl groups excluding tert-OH is 4. The van der Waals surface area contributed by atoms with Crippen LogP contribution >= 0.6 is 0 Å². The summed E-state index contributed by atoms with van der Waals surface area (Å²) in [7, 11) is 0. The molecule has 1 aliphatic carbocycles. The first-order chi connectivity index (χ1) is 19.1. The summed E-state index contributed by atoms with van der Waals surface area (Å²) >= 11 is 0. The molecule has 0 spiro atoms. The molecule has 40 heavy (non-hydrogen) atoms. The first kappa shape index (κ1) is 29.5. The number of benzene rings is 2. The summed E-state index contributed by atoms with van der Waals surface area (Å²) < 4.78 is 22.5. The number of aromatic hydroxyl groups is 2. The van der Waals surface area contributed by atoms with Crippen molar-refractivity contribution >= 4 is 11.9 Å². The Kier molecular flexibility index (Phi) is 9.40. The van der Waals surface area contributed by atoms with Gasteiger partial charge < -0.3 is 49.6 Å². The zero-order valence-corrected chi connectivity index (χ0v) is 21.4. The minimum Gasteiger partial charge on any atom is -0.508 e. The Morgan fingerprint density at radius 2 is 1.45 bits per heavy atom. The fourth-order valence-electron chi connectivity index (χ4n) is 4.74. The van der Waals surface area contributed by atoms with Crippen molar-refractivity contribution < 1.29 is 59.2 Å². The highest BCUT2D eigenvalue weighted by Crippen LogP contribution is 2.39. The maximum Gasteiger partial charge on any atom is 0.338 e. The van der Waals surface area contributed by atoms with E-state index >= 15 is 0 Å². The predicted octanol–water partition coefficient (Wildman–Crippen LogP) is 0.631. The summed E-state index contributed by atoms with van der Waals surface area (Å²) in [6.45, 7) is 3.30. The van der Waals surface area contributed by atoms with Crippen LogP contribution < -0.4 is 0 Å². The summed E-state index contributed by atoms with van der Waals surface area (Å²) in [5, 5.41) is 59.8. The van der Waals surface area contributed by atoms with Gasteiger partial charge in [-0.2, -0.15) is 0 Å². The number of rotatable bonds is 9. The molecule has 1 saturated heterocycles. The maximum absolute atomic E-state index is 12.6. The van der Waals surface area contributed by atoms with Crippen LogP contribution in [0, 0.1) is 5.92 Å². The van der Waals surface area contributed by atoms with Crippen molar-refractivity contribution in [2.75, 3.05) is 13.2 Å². The Balaban J connectivity index is 1.42. The smallest absolute Gasteiger partial charge is 0.338 e. The van der Waals surface area contributed by atoms with Gasteiger partial charge in [-0.1, -0.05) is 6.58 Å². The summed E-state index contributed by atoms with van der Waals surface area (Å²) in [5.41, 5.74) is 0.692. The van der Waals surface area contributed by atoms with Gasteiger partial charge in [-0.15, -0.1) is 0 Å². The van der Waals surface area contributed by atoms with Crippen molar-refractivity contribution in [3.8, 4) is 11.5 Å². The van der Waals surface area contributed by atoms with Gasteiger partial charge in [-0.25, -0.2) is 9.59 Å². The third-order valence-electron chi connectivity index (χ3n) is 7.01. The molecule has 6 N–H and O–H groups in total. The number of hydrogen-bond acceptors (Lipinski definition) is 12. The van der Waals surface area contributed by atoms with Gasteiger partial charge in [-0.3, -0.25) is 0 Å². The Bertz CT molecular complexity index is 1180. The Morgan fingerprint density at radius 1 is 0.875 bits per heavy atom. The summed E-state index contributed by atoms with van der Waals surface area (Å²) in [6.07, 6.45) is -8.88. The quantitative estimate of drug-likeness (QED) is 0.185. The molecule has 2 fully saturated rings. The molecular weight excluding hydrogens is 528 g/mol. The van der Waals surface area contributed by atoms with E-state index in [0.29, 0.717) is 5.57 Å². The molecule has 4 rings (SSSR count). The number of esters is 2. The van der Waals surface area contributed by atoms with Crippen LogP contribution in [0.4, 0.5) is 0 Å². The zero-order chi connectivity index (χ0) is 29.0. The maximum atomic E-state index is 12.6. The number of carbonyl (C=O) groups excluding carboxylic acids is 2. The van der Waals surface area contributed by atoms with Crippen LogP contribution in [0.2, 0.25) is 0 Å². The van der Waals surface area contributed by atoms with Crippen molar-refractivity contribution in [1.82, 2.24) is 0 Å². The highest BCUT2D eigenvalue weighted by molar-refractivity contribution is 5.90. The number of hydrogen-bond donors (Lipinski definition) is 6. The Hall–Kier alpha value is -3.52. The fraction of sp³-hybridized carbons (Fsp3) is 0.429. The van der Waals surface area contributed by atoms with E-state index in [0.717, 1.165) is 0 Å². The van der Waals surface area contributed by atoms with Crippen molar-refractivity contribution in [2.24, 2.45) is 5.92 Å². The Labute approximate surface area is 229 Å². The van der Waals surface area contributed by atoms with Gasteiger partial charge in [0, 0.05) is 6.61 Å². The second-order valence-corrected chi connectivity index (χ2v) is 9.74. The van der Waals surface area contributed by atoms with Crippen molar-refractivity contribution in [2.45, 2.75) is 55.8 Å². The molecule has 12 nitrogen and oxygen atoms in total. The lowest BCUT2D eigenvalue weighted by molar-refractivity contribution is -0.310. The van der Waals surface area contributed by atoms with E-state index in [4.69, 9.17) is 18.9 Å². The van der Waals surface area contributed by atoms with Crippen molar-refractivity contribution in [3.63, 3.8) is 0 Å². The summed E-state index contributed by atoms with van der Waals surface area (Å²) in [5.74, 6) is -1.85. The van der Waals surface area contributed by atoms with Gasteiger partial charge in [0.15, 0.2) is 6.29 Å². The van der Waals surface area contributed by atoms with E-state index in [1.807, 2.05) is 0 Å². The summed E-state index contributed by atoms with van der Waals surface area (Å²) in [6, 6.07) is 10.8. The van der Waals surface area contributed by atoms with E-state index in [9.17, 15) is 40.2 Å². The molecule has 0 aromatic heterocycles. The average Bonchev–Trinajstić information content (AvgIpc) is 3.22. The molecule has 1 saturated carbocycles. The second kappa shape index (κ2) is 12.8. The molecule has 1 aliphatic heterocycles. The molecular formula is C28H32O12. The molecule has 0 radical (unpaired) electrons. The topological polar surface area (TPSA) is 192 Å². The van der Waals surface area contributed by atoms with Gasteiger partial charge in [0.25, 0.3) is 0 Å². The average molecular weight is 561 g/mol. The monoisotopic (exact) mass is 560 g/mol. The normalized spacial score (nSPS) is 30.1. The molecule has 216 valence electrons. The first-order valence-electron chi connectivity index (χ1n) is 12.7. The van der Waals surface area contributed by atoms with Gasteiger partial charge in [0.2, 0.25) is 0 Å². The zero-order valence-electron chi connectivity index (χ0n) is 21.4. The lowest BCUT2D eigenvalue weighted by Crippen LogP contribution is -2.60. The molecule has 0 amide bonds. The first-order valence-corrected chi connectivity index (χ1v) is 12.7. The van der Waals surface area contributed by atoms with Gasteiger partial charge >= 0.3 is 11.9 Å². The van der Waals surface area contributed by atoms with Crippen molar-refractivity contribution in [3.05, 3.63) is 71.8 Å². The van der Waals surface area contributed by atoms with Crippen LogP contribution in [0.5, 0.6) is 11.5 Å². The highest BCUT2D eigenvalue weighted by atomic mass is 16.7. The van der Waals surface area contributed by atoms with E-state index in [-0.39, 0.29) is 48.0 Å². The molecule has 0 bridgehead atoms. The largest absolute Gasteiger partial charge is 0.508 e. The van der Waals surface area contributed by atoms with Gasteiger partial charge in [0.05, 0.1) is 17.2 Å².